The lowest BCUT2D eigenvalue weighted by Gasteiger charge is -2.04. The second kappa shape index (κ2) is 5.47. The van der Waals surface area contributed by atoms with Crippen LogP contribution in [-0.4, -0.2) is 18.4 Å². The topological polar surface area (TPSA) is 84.2 Å². The van der Waals surface area contributed by atoms with Crippen molar-refractivity contribution in [2.24, 2.45) is 5.73 Å². The Morgan fingerprint density at radius 3 is 2.87 bits per heavy atom. The number of anilines is 1. The van der Waals surface area contributed by atoms with E-state index in [1.807, 2.05) is 11.4 Å². The Morgan fingerprint density at radius 1 is 1.53 bits per heavy atom. The van der Waals surface area contributed by atoms with E-state index in [2.05, 4.69) is 10.6 Å². The van der Waals surface area contributed by atoms with E-state index in [1.165, 1.54) is 18.3 Å². The molecule has 1 rings (SSSR count). The third kappa shape index (κ3) is 4.09. The lowest BCUT2D eigenvalue weighted by molar-refractivity contribution is -0.117. The Hall–Kier alpha value is -1.40. The summed E-state index contributed by atoms with van der Waals surface area (Å²) >= 11 is 1.51. The Labute approximate surface area is 91.7 Å². The Kier molecular flexibility index (Phi) is 4.26. The molecule has 1 heterocycles. The Balaban J connectivity index is 2.49. The van der Waals surface area contributed by atoms with Gasteiger partial charge in [-0.1, -0.05) is 0 Å². The van der Waals surface area contributed by atoms with Gasteiger partial charge in [-0.3, -0.25) is 9.59 Å². The van der Waals surface area contributed by atoms with Crippen LogP contribution in [0.1, 0.15) is 11.8 Å². The van der Waals surface area contributed by atoms with Gasteiger partial charge in [0.1, 0.15) is 0 Å². The lowest BCUT2D eigenvalue weighted by Crippen LogP contribution is -2.28. The molecule has 6 heteroatoms. The van der Waals surface area contributed by atoms with Crippen LogP contribution in [0.25, 0.3) is 0 Å². The number of carbonyl (C=O) groups excluding carboxylic acids is 2. The first kappa shape index (κ1) is 11.7. The minimum atomic E-state index is -0.396. The fraction of sp³-hybridized carbons (Fsp3) is 0.333. The van der Waals surface area contributed by atoms with Crippen molar-refractivity contribution in [2.45, 2.75) is 13.5 Å². The van der Waals surface area contributed by atoms with Crippen molar-refractivity contribution in [2.75, 3.05) is 11.9 Å². The molecular weight excluding hydrogens is 214 g/mol. The van der Waals surface area contributed by atoms with Gasteiger partial charge in [0, 0.05) is 18.3 Å². The summed E-state index contributed by atoms with van der Waals surface area (Å²) in [5, 5.41) is 7.47. The van der Waals surface area contributed by atoms with Gasteiger partial charge in [-0.05, 0) is 11.4 Å². The Morgan fingerprint density at radius 2 is 2.27 bits per heavy atom. The van der Waals surface area contributed by atoms with Crippen molar-refractivity contribution in [3.63, 3.8) is 0 Å². The van der Waals surface area contributed by atoms with E-state index >= 15 is 0 Å². The lowest BCUT2D eigenvalue weighted by atomic mass is 10.3. The van der Waals surface area contributed by atoms with Crippen LogP contribution >= 0.6 is 11.3 Å². The fourth-order valence-corrected chi connectivity index (χ4v) is 1.88. The maximum absolute atomic E-state index is 10.8. The highest BCUT2D eigenvalue weighted by Gasteiger charge is 2.05. The van der Waals surface area contributed by atoms with Gasteiger partial charge < -0.3 is 16.4 Å². The van der Waals surface area contributed by atoms with Crippen LogP contribution in [0, 0.1) is 0 Å². The average molecular weight is 227 g/mol. The highest BCUT2D eigenvalue weighted by molar-refractivity contribution is 7.10. The second-order valence-electron chi connectivity index (χ2n) is 3.01. The SMILES string of the molecule is CC(=O)Nc1ccsc1CNCC(N)=O. The molecule has 0 radical (unpaired) electrons. The van der Waals surface area contributed by atoms with Gasteiger partial charge in [0.15, 0.2) is 0 Å². The quantitative estimate of drug-likeness (QED) is 0.675. The Bertz CT molecular complexity index is 362. The van der Waals surface area contributed by atoms with Gasteiger partial charge in [-0.25, -0.2) is 0 Å². The van der Waals surface area contributed by atoms with Crippen molar-refractivity contribution < 1.29 is 9.59 Å². The van der Waals surface area contributed by atoms with Crippen LogP contribution in [0.5, 0.6) is 0 Å². The molecule has 0 aliphatic rings. The smallest absolute Gasteiger partial charge is 0.231 e. The van der Waals surface area contributed by atoms with Crippen molar-refractivity contribution in [3.05, 3.63) is 16.3 Å². The normalized spacial score (nSPS) is 9.93. The molecule has 0 aliphatic heterocycles. The predicted octanol–water partition coefficient (Wildman–Crippen LogP) is 0.281. The fourth-order valence-electron chi connectivity index (χ4n) is 1.08. The monoisotopic (exact) mass is 227 g/mol. The second-order valence-corrected chi connectivity index (χ2v) is 4.01. The van der Waals surface area contributed by atoms with E-state index in [1.54, 1.807) is 0 Å². The van der Waals surface area contributed by atoms with Crippen LogP contribution in [0.15, 0.2) is 11.4 Å². The summed E-state index contributed by atoms with van der Waals surface area (Å²) in [4.78, 5) is 22.3. The van der Waals surface area contributed by atoms with Crippen LogP contribution in [0.4, 0.5) is 5.69 Å². The summed E-state index contributed by atoms with van der Waals surface area (Å²) in [5.74, 6) is -0.503. The summed E-state index contributed by atoms with van der Waals surface area (Å²) in [7, 11) is 0. The number of hydrogen-bond acceptors (Lipinski definition) is 4. The number of amides is 2. The zero-order valence-electron chi connectivity index (χ0n) is 8.37. The van der Waals surface area contributed by atoms with E-state index in [9.17, 15) is 9.59 Å². The molecule has 0 saturated heterocycles. The molecule has 82 valence electrons. The summed E-state index contributed by atoms with van der Waals surface area (Å²) in [6, 6.07) is 1.83. The molecule has 2 amide bonds. The van der Waals surface area contributed by atoms with Crippen molar-refractivity contribution in [1.29, 1.82) is 0 Å². The summed E-state index contributed by atoms with van der Waals surface area (Å²) < 4.78 is 0. The number of thiophene rings is 1. The minimum Gasteiger partial charge on any atom is -0.369 e. The number of hydrogen-bond donors (Lipinski definition) is 3. The molecule has 4 N–H and O–H groups in total. The van der Waals surface area contributed by atoms with Gasteiger partial charge in [0.05, 0.1) is 12.2 Å². The van der Waals surface area contributed by atoms with E-state index in [4.69, 9.17) is 5.73 Å². The number of primary amides is 1. The maximum Gasteiger partial charge on any atom is 0.231 e. The van der Waals surface area contributed by atoms with Gasteiger partial charge >= 0.3 is 0 Å². The van der Waals surface area contributed by atoms with Crippen LogP contribution in [-0.2, 0) is 16.1 Å². The van der Waals surface area contributed by atoms with E-state index in [0.717, 1.165) is 10.6 Å². The minimum absolute atomic E-state index is 0.107. The number of rotatable bonds is 5. The summed E-state index contributed by atoms with van der Waals surface area (Å²) in [5.41, 5.74) is 5.76. The van der Waals surface area contributed by atoms with Crippen molar-refractivity contribution >= 4 is 28.8 Å². The van der Waals surface area contributed by atoms with Gasteiger partial charge in [0.2, 0.25) is 11.8 Å². The molecular formula is C9H13N3O2S. The summed E-state index contributed by atoms with van der Waals surface area (Å²) in [6.07, 6.45) is 0. The molecule has 5 nitrogen and oxygen atoms in total. The third-order valence-electron chi connectivity index (χ3n) is 1.64. The maximum atomic E-state index is 10.8. The molecule has 1 aromatic rings. The zero-order chi connectivity index (χ0) is 11.3. The molecule has 0 unspecified atom stereocenters. The third-order valence-corrected chi connectivity index (χ3v) is 2.56. The van der Waals surface area contributed by atoms with Gasteiger partial charge in [-0.15, -0.1) is 11.3 Å². The molecule has 0 spiro atoms. The predicted molar refractivity (Wildman–Crippen MR) is 59.5 cm³/mol. The average Bonchev–Trinajstić information content (AvgIpc) is 2.51. The number of nitrogens with one attached hydrogen (secondary N) is 2. The molecule has 0 saturated carbocycles. The van der Waals surface area contributed by atoms with E-state index in [0.29, 0.717) is 6.54 Å². The zero-order valence-corrected chi connectivity index (χ0v) is 9.19. The largest absolute Gasteiger partial charge is 0.369 e. The molecule has 0 atom stereocenters. The van der Waals surface area contributed by atoms with E-state index < -0.39 is 5.91 Å². The molecule has 0 aromatic carbocycles. The molecule has 1 aromatic heterocycles. The van der Waals surface area contributed by atoms with Crippen molar-refractivity contribution in [3.8, 4) is 0 Å². The molecule has 15 heavy (non-hydrogen) atoms. The first-order valence-electron chi connectivity index (χ1n) is 4.42. The van der Waals surface area contributed by atoms with Crippen LogP contribution in [0.2, 0.25) is 0 Å². The standard InChI is InChI=1S/C9H13N3O2S/c1-6(13)12-7-2-3-15-8(7)4-11-5-9(10)14/h2-3,11H,4-5H2,1H3,(H2,10,14)(H,12,13). The molecule has 0 bridgehead atoms. The highest BCUT2D eigenvalue weighted by atomic mass is 32.1. The summed E-state index contributed by atoms with van der Waals surface area (Å²) in [6.45, 7) is 2.12. The van der Waals surface area contributed by atoms with Crippen LogP contribution < -0.4 is 16.4 Å². The first-order chi connectivity index (χ1) is 7.09. The van der Waals surface area contributed by atoms with Gasteiger partial charge in [0.25, 0.3) is 0 Å². The van der Waals surface area contributed by atoms with E-state index in [-0.39, 0.29) is 12.5 Å². The molecule has 0 fully saturated rings. The van der Waals surface area contributed by atoms with Crippen molar-refractivity contribution in [1.82, 2.24) is 5.32 Å². The number of carbonyl (C=O) groups is 2. The highest BCUT2D eigenvalue weighted by Crippen LogP contribution is 2.21. The first-order valence-corrected chi connectivity index (χ1v) is 5.30. The van der Waals surface area contributed by atoms with Gasteiger partial charge in [-0.2, -0.15) is 0 Å². The number of nitrogens with two attached hydrogens (primary N) is 1. The van der Waals surface area contributed by atoms with Crippen LogP contribution in [0.3, 0.4) is 0 Å². The molecule has 0 aliphatic carbocycles.